The van der Waals surface area contributed by atoms with Gasteiger partial charge in [-0.1, -0.05) is 60.3 Å². The fourth-order valence-corrected chi connectivity index (χ4v) is 3.80. The van der Waals surface area contributed by atoms with Crippen molar-refractivity contribution in [3.8, 4) is 11.4 Å². The van der Waals surface area contributed by atoms with E-state index in [2.05, 4.69) is 20.5 Å². The second kappa shape index (κ2) is 9.99. The molecule has 0 saturated carbocycles. The van der Waals surface area contributed by atoms with Crippen molar-refractivity contribution in [3.05, 3.63) is 96.1 Å². The molecule has 2 aromatic heterocycles. The van der Waals surface area contributed by atoms with Crippen LogP contribution in [0.3, 0.4) is 0 Å². The van der Waals surface area contributed by atoms with Crippen molar-refractivity contribution in [2.45, 2.75) is 18.2 Å². The largest absolute Gasteiger partial charge is 0.351 e. The zero-order valence-corrected chi connectivity index (χ0v) is 17.4. The number of carbonyl (C=O) groups excluding carboxylic acids is 1. The molecule has 31 heavy (non-hydrogen) atoms. The van der Waals surface area contributed by atoms with Crippen LogP contribution in [0.15, 0.2) is 84.3 Å². The summed E-state index contributed by atoms with van der Waals surface area (Å²) in [5, 5.41) is 12.0. The first-order valence-electron chi connectivity index (χ1n) is 9.71. The predicted octanol–water partition coefficient (Wildman–Crippen LogP) is 3.94. The highest BCUT2D eigenvalue weighted by Crippen LogP contribution is 2.24. The second-order valence-electron chi connectivity index (χ2n) is 6.78. The predicted molar refractivity (Wildman–Crippen MR) is 118 cm³/mol. The van der Waals surface area contributed by atoms with Crippen molar-refractivity contribution >= 4 is 17.7 Å². The van der Waals surface area contributed by atoms with E-state index in [0.29, 0.717) is 23.1 Å². The molecule has 1 N–H and O–H groups in total. The van der Waals surface area contributed by atoms with Gasteiger partial charge in [-0.15, -0.1) is 10.2 Å². The Morgan fingerprint density at radius 3 is 2.58 bits per heavy atom. The number of pyridine rings is 1. The Labute approximate surface area is 183 Å². The van der Waals surface area contributed by atoms with Crippen molar-refractivity contribution in [2.75, 3.05) is 5.75 Å². The highest BCUT2D eigenvalue weighted by Gasteiger charge is 2.16. The SMILES string of the molecule is O=C(CSc1nnc(-c2cccnc2)n1Cc1ccccc1)NCc1ccccc1F. The van der Waals surface area contributed by atoms with Gasteiger partial charge in [0, 0.05) is 30.1 Å². The van der Waals surface area contributed by atoms with Gasteiger partial charge in [0.2, 0.25) is 5.91 Å². The van der Waals surface area contributed by atoms with E-state index < -0.39 is 0 Å². The van der Waals surface area contributed by atoms with E-state index in [1.54, 1.807) is 30.6 Å². The molecule has 0 radical (unpaired) electrons. The summed E-state index contributed by atoms with van der Waals surface area (Å²) in [6.45, 7) is 0.709. The molecule has 156 valence electrons. The van der Waals surface area contributed by atoms with Crippen molar-refractivity contribution in [1.82, 2.24) is 25.1 Å². The minimum Gasteiger partial charge on any atom is -0.351 e. The minimum absolute atomic E-state index is 0.143. The van der Waals surface area contributed by atoms with Gasteiger partial charge < -0.3 is 5.32 Å². The fourth-order valence-electron chi connectivity index (χ4n) is 3.03. The summed E-state index contributed by atoms with van der Waals surface area (Å²) >= 11 is 1.29. The fraction of sp³-hybridized carbons (Fsp3) is 0.130. The van der Waals surface area contributed by atoms with Gasteiger partial charge in [0.05, 0.1) is 12.3 Å². The molecule has 0 aliphatic rings. The van der Waals surface area contributed by atoms with Crippen LogP contribution in [0, 0.1) is 5.82 Å². The number of thioether (sulfide) groups is 1. The summed E-state index contributed by atoms with van der Waals surface area (Å²) in [6.07, 6.45) is 3.44. The summed E-state index contributed by atoms with van der Waals surface area (Å²) < 4.78 is 15.7. The van der Waals surface area contributed by atoms with E-state index in [4.69, 9.17) is 0 Å². The lowest BCUT2D eigenvalue weighted by Gasteiger charge is -2.10. The molecule has 4 rings (SSSR count). The molecule has 0 aliphatic carbocycles. The lowest BCUT2D eigenvalue weighted by atomic mass is 10.2. The Hall–Kier alpha value is -3.52. The number of hydrogen-bond acceptors (Lipinski definition) is 5. The molecule has 4 aromatic rings. The third-order valence-electron chi connectivity index (χ3n) is 4.59. The maximum atomic E-state index is 13.7. The molecule has 0 atom stereocenters. The zero-order chi connectivity index (χ0) is 21.5. The molecule has 0 saturated heterocycles. The first-order chi connectivity index (χ1) is 15.2. The molecular formula is C23H20FN5OS. The summed E-state index contributed by atoms with van der Waals surface area (Å²) in [5.41, 5.74) is 2.40. The van der Waals surface area contributed by atoms with Crippen molar-refractivity contribution < 1.29 is 9.18 Å². The van der Waals surface area contributed by atoms with E-state index in [0.717, 1.165) is 11.1 Å². The van der Waals surface area contributed by atoms with Gasteiger partial charge in [0.1, 0.15) is 5.82 Å². The molecule has 0 aliphatic heterocycles. The molecule has 8 heteroatoms. The van der Waals surface area contributed by atoms with E-state index in [1.807, 2.05) is 47.0 Å². The summed E-state index contributed by atoms with van der Waals surface area (Å²) in [4.78, 5) is 16.5. The standard InChI is InChI=1S/C23H20FN5OS/c24-20-11-5-4-9-18(20)14-26-21(30)16-31-23-28-27-22(19-10-6-12-25-13-19)29(23)15-17-7-2-1-3-8-17/h1-13H,14-16H2,(H,26,30). The summed E-state index contributed by atoms with van der Waals surface area (Å²) in [7, 11) is 0. The Balaban J connectivity index is 1.48. The summed E-state index contributed by atoms with van der Waals surface area (Å²) in [5.74, 6) is 0.296. The van der Waals surface area contributed by atoms with Crippen molar-refractivity contribution in [3.63, 3.8) is 0 Å². The maximum Gasteiger partial charge on any atom is 0.230 e. The van der Waals surface area contributed by atoms with Crippen LogP contribution in [0.25, 0.3) is 11.4 Å². The Kier molecular flexibility index (Phi) is 6.68. The molecule has 0 bridgehead atoms. The van der Waals surface area contributed by atoms with Crippen LogP contribution in [0.4, 0.5) is 4.39 Å². The van der Waals surface area contributed by atoms with Crippen LogP contribution in [0.1, 0.15) is 11.1 Å². The molecule has 0 fully saturated rings. The third kappa shape index (κ3) is 5.35. The molecule has 2 heterocycles. The maximum absolute atomic E-state index is 13.7. The van der Waals surface area contributed by atoms with E-state index in [-0.39, 0.29) is 24.0 Å². The summed E-state index contributed by atoms with van der Waals surface area (Å²) in [6, 6.07) is 20.1. The number of carbonyl (C=O) groups is 1. The van der Waals surface area contributed by atoms with Crippen LogP contribution in [-0.4, -0.2) is 31.4 Å². The number of nitrogens with one attached hydrogen (secondary N) is 1. The van der Waals surface area contributed by atoms with Gasteiger partial charge in [-0.25, -0.2) is 4.39 Å². The Bertz CT molecular complexity index is 1150. The topological polar surface area (TPSA) is 72.7 Å². The van der Waals surface area contributed by atoms with Gasteiger partial charge in [-0.05, 0) is 23.8 Å². The first kappa shape index (κ1) is 20.7. The van der Waals surface area contributed by atoms with Crippen LogP contribution in [0.5, 0.6) is 0 Å². The average molecular weight is 434 g/mol. The number of nitrogens with zero attached hydrogens (tertiary/aromatic N) is 4. The minimum atomic E-state index is -0.334. The quantitative estimate of drug-likeness (QED) is 0.426. The average Bonchev–Trinajstić information content (AvgIpc) is 3.20. The number of aromatic nitrogens is 4. The van der Waals surface area contributed by atoms with Crippen LogP contribution >= 0.6 is 11.8 Å². The smallest absolute Gasteiger partial charge is 0.230 e. The first-order valence-corrected chi connectivity index (χ1v) is 10.7. The number of hydrogen-bond donors (Lipinski definition) is 1. The van der Waals surface area contributed by atoms with Crippen LogP contribution in [0.2, 0.25) is 0 Å². The van der Waals surface area contributed by atoms with Gasteiger partial charge in [-0.2, -0.15) is 0 Å². The van der Waals surface area contributed by atoms with Crippen LogP contribution in [-0.2, 0) is 17.9 Å². The number of halogens is 1. The molecule has 0 spiro atoms. The van der Waals surface area contributed by atoms with Gasteiger partial charge in [0.25, 0.3) is 0 Å². The zero-order valence-electron chi connectivity index (χ0n) is 16.6. The molecule has 1 amide bonds. The highest BCUT2D eigenvalue weighted by molar-refractivity contribution is 7.99. The molecule has 6 nitrogen and oxygen atoms in total. The lowest BCUT2D eigenvalue weighted by Crippen LogP contribution is -2.25. The Morgan fingerprint density at radius 2 is 1.81 bits per heavy atom. The van der Waals surface area contributed by atoms with E-state index in [1.165, 1.54) is 17.8 Å². The van der Waals surface area contributed by atoms with Crippen molar-refractivity contribution in [1.29, 1.82) is 0 Å². The number of amides is 1. The van der Waals surface area contributed by atoms with Gasteiger partial charge in [-0.3, -0.25) is 14.3 Å². The number of rotatable bonds is 8. The van der Waals surface area contributed by atoms with Gasteiger partial charge in [0.15, 0.2) is 11.0 Å². The highest BCUT2D eigenvalue weighted by atomic mass is 32.2. The van der Waals surface area contributed by atoms with Crippen LogP contribution < -0.4 is 5.32 Å². The van der Waals surface area contributed by atoms with E-state index in [9.17, 15) is 9.18 Å². The number of benzene rings is 2. The second-order valence-corrected chi connectivity index (χ2v) is 7.72. The van der Waals surface area contributed by atoms with E-state index >= 15 is 0 Å². The molecule has 2 aromatic carbocycles. The normalized spacial score (nSPS) is 10.7. The lowest BCUT2D eigenvalue weighted by molar-refractivity contribution is -0.118. The molecule has 0 unspecified atom stereocenters. The Morgan fingerprint density at radius 1 is 1.00 bits per heavy atom. The van der Waals surface area contributed by atoms with Gasteiger partial charge >= 0.3 is 0 Å². The van der Waals surface area contributed by atoms with Crippen molar-refractivity contribution in [2.24, 2.45) is 0 Å². The third-order valence-corrected chi connectivity index (χ3v) is 5.55. The monoisotopic (exact) mass is 433 g/mol. The molecular weight excluding hydrogens is 413 g/mol.